The smallest absolute Gasteiger partial charge is 0.150 e. The minimum atomic E-state index is 0.696. The highest BCUT2D eigenvalue weighted by Crippen LogP contribution is 2.38. The van der Waals surface area contributed by atoms with Crippen LogP contribution in [-0.4, -0.2) is 11.2 Å². The van der Waals surface area contributed by atoms with Crippen molar-refractivity contribution in [2.75, 3.05) is 0 Å². The Balaban J connectivity index is 1.56. The van der Waals surface area contributed by atoms with E-state index in [1.807, 2.05) is 6.07 Å². The second-order valence-corrected chi connectivity index (χ2v) is 6.31. The van der Waals surface area contributed by atoms with Crippen LogP contribution >= 0.6 is 0 Å². The quantitative estimate of drug-likeness (QED) is 0.894. The second kappa shape index (κ2) is 6.56. The summed E-state index contributed by atoms with van der Waals surface area (Å²) in [5.74, 6) is 2.84. The summed E-state index contributed by atoms with van der Waals surface area (Å²) in [7, 11) is 0. The Morgan fingerprint density at radius 3 is 2.63 bits per heavy atom. The van der Waals surface area contributed by atoms with Crippen molar-refractivity contribution in [2.24, 2.45) is 11.8 Å². The first-order valence-electron chi connectivity index (χ1n) is 8.06. The number of hydrogen-bond acceptors (Lipinski definition) is 3. The molecule has 2 atom stereocenters. The molecule has 19 heavy (non-hydrogen) atoms. The topological polar surface area (TPSA) is 38.1 Å². The van der Waals surface area contributed by atoms with E-state index in [9.17, 15) is 0 Å². The van der Waals surface area contributed by atoms with Gasteiger partial charge in [-0.1, -0.05) is 50.1 Å². The Labute approximate surface area is 116 Å². The van der Waals surface area contributed by atoms with E-state index >= 15 is 0 Å². The molecule has 2 aliphatic rings. The lowest BCUT2D eigenvalue weighted by Crippen LogP contribution is -2.42. The third-order valence-electron chi connectivity index (χ3n) is 5.10. The lowest BCUT2D eigenvalue weighted by Gasteiger charge is -2.39. The van der Waals surface area contributed by atoms with Gasteiger partial charge in [0.1, 0.15) is 5.76 Å². The number of nitrogens with one attached hydrogen (secondary N) is 1. The Morgan fingerprint density at radius 1 is 1.05 bits per heavy atom. The van der Waals surface area contributed by atoms with Crippen molar-refractivity contribution in [1.29, 1.82) is 0 Å². The molecule has 1 aromatic heterocycles. The molecule has 0 bridgehead atoms. The van der Waals surface area contributed by atoms with Gasteiger partial charge < -0.3 is 9.84 Å². The van der Waals surface area contributed by atoms with Crippen molar-refractivity contribution in [2.45, 2.75) is 70.4 Å². The van der Waals surface area contributed by atoms with Crippen LogP contribution in [0.3, 0.4) is 0 Å². The molecule has 2 aliphatic carbocycles. The molecule has 3 rings (SSSR count). The molecule has 0 amide bonds. The van der Waals surface area contributed by atoms with Crippen LogP contribution in [0.5, 0.6) is 0 Å². The Bertz CT molecular complexity index is 357. The van der Waals surface area contributed by atoms with Crippen molar-refractivity contribution in [3.8, 4) is 0 Å². The fourth-order valence-electron chi connectivity index (χ4n) is 4.10. The Kier molecular flexibility index (Phi) is 4.54. The van der Waals surface area contributed by atoms with Crippen molar-refractivity contribution >= 4 is 0 Å². The fourth-order valence-corrected chi connectivity index (χ4v) is 4.10. The summed E-state index contributed by atoms with van der Waals surface area (Å²) >= 11 is 0. The summed E-state index contributed by atoms with van der Waals surface area (Å²) in [6, 6.07) is 2.66. The third kappa shape index (κ3) is 3.38. The largest absolute Gasteiger partial charge is 0.360 e. The van der Waals surface area contributed by atoms with E-state index < -0.39 is 0 Å². The van der Waals surface area contributed by atoms with Crippen molar-refractivity contribution in [3.05, 3.63) is 18.0 Å². The SMILES string of the molecule is c1cc(CNC2CCCCC2C2CCCCC2)on1. The van der Waals surface area contributed by atoms with Crippen LogP contribution < -0.4 is 5.32 Å². The van der Waals surface area contributed by atoms with Crippen LogP contribution in [0.25, 0.3) is 0 Å². The molecule has 2 saturated carbocycles. The summed E-state index contributed by atoms with van der Waals surface area (Å²) in [6.45, 7) is 0.841. The highest BCUT2D eigenvalue weighted by molar-refractivity contribution is 4.94. The minimum Gasteiger partial charge on any atom is -0.360 e. The molecular weight excluding hydrogens is 236 g/mol. The number of rotatable bonds is 4. The first-order chi connectivity index (χ1) is 9.43. The van der Waals surface area contributed by atoms with Gasteiger partial charge in [-0.2, -0.15) is 0 Å². The molecular formula is C16H26N2O. The lowest BCUT2D eigenvalue weighted by atomic mass is 9.71. The van der Waals surface area contributed by atoms with E-state index in [2.05, 4.69) is 10.5 Å². The third-order valence-corrected chi connectivity index (χ3v) is 5.10. The van der Waals surface area contributed by atoms with Crippen LogP contribution in [0.4, 0.5) is 0 Å². The zero-order valence-electron chi connectivity index (χ0n) is 11.8. The van der Waals surface area contributed by atoms with Gasteiger partial charge in [-0.05, 0) is 24.7 Å². The van der Waals surface area contributed by atoms with Gasteiger partial charge in [0.25, 0.3) is 0 Å². The van der Waals surface area contributed by atoms with E-state index in [-0.39, 0.29) is 0 Å². The van der Waals surface area contributed by atoms with Gasteiger partial charge in [0.15, 0.2) is 0 Å². The maximum absolute atomic E-state index is 5.19. The molecule has 0 saturated heterocycles. The first-order valence-corrected chi connectivity index (χ1v) is 8.06. The summed E-state index contributed by atoms with van der Waals surface area (Å²) in [5.41, 5.74) is 0. The van der Waals surface area contributed by atoms with E-state index in [1.54, 1.807) is 6.20 Å². The normalized spacial score (nSPS) is 29.5. The minimum absolute atomic E-state index is 0.696. The van der Waals surface area contributed by atoms with Gasteiger partial charge in [0.05, 0.1) is 12.7 Å². The van der Waals surface area contributed by atoms with Crippen LogP contribution in [0.2, 0.25) is 0 Å². The van der Waals surface area contributed by atoms with Gasteiger partial charge in [0.2, 0.25) is 0 Å². The van der Waals surface area contributed by atoms with Crippen LogP contribution in [0.15, 0.2) is 16.8 Å². The second-order valence-electron chi connectivity index (χ2n) is 6.31. The predicted molar refractivity (Wildman–Crippen MR) is 75.7 cm³/mol. The van der Waals surface area contributed by atoms with E-state index in [0.29, 0.717) is 6.04 Å². The lowest BCUT2D eigenvalue weighted by molar-refractivity contribution is 0.147. The summed E-state index contributed by atoms with van der Waals surface area (Å²) in [4.78, 5) is 0. The monoisotopic (exact) mass is 262 g/mol. The molecule has 0 aliphatic heterocycles. The van der Waals surface area contributed by atoms with Gasteiger partial charge in [-0.3, -0.25) is 0 Å². The van der Waals surface area contributed by atoms with E-state index in [0.717, 1.165) is 24.1 Å². The van der Waals surface area contributed by atoms with Crippen molar-refractivity contribution in [3.63, 3.8) is 0 Å². The number of hydrogen-bond donors (Lipinski definition) is 1. The maximum atomic E-state index is 5.19. The highest BCUT2D eigenvalue weighted by atomic mass is 16.5. The highest BCUT2D eigenvalue weighted by Gasteiger charge is 2.32. The fraction of sp³-hybridized carbons (Fsp3) is 0.812. The summed E-state index contributed by atoms with van der Waals surface area (Å²) < 4.78 is 5.19. The Morgan fingerprint density at radius 2 is 1.84 bits per heavy atom. The molecule has 106 valence electrons. The van der Waals surface area contributed by atoms with Crippen LogP contribution in [-0.2, 0) is 6.54 Å². The standard InChI is InChI=1S/C16H26N2O/c1-2-6-13(7-3-1)15-8-4-5-9-16(15)17-12-14-10-11-18-19-14/h10-11,13,15-17H,1-9,12H2. The summed E-state index contributed by atoms with van der Waals surface area (Å²) in [5, 5.41) is 7.52. The molecule has 1 aromatic rings. The van der Waals surface area contributed by atoms with E-state index in [4.69, 9.17) is 4.52 Å². The average Bonchev–Trinajstić information content (AvgIpc) is 3.00. The summed E-state index contributed by atoms with van der Waals surface area (Å²) in [6.07, 6.45) is 14.6. The van der Waals surface area contributed by atoms with Gasteiger partial charge in [0, 0.05) is 12.1 Å². The molecule has 1 heterocycles. The maximum Gasteiger partial charge on any atom is 0.150 e. The van der Waals surface area contributed by atoms with Gasteiger partial charge in [-0.15, -0.1) is 0 Å². The van der Waals surface area contributed by atoms with Gasteiger partial charge in [-0.25, -0.2) is 0 Å². The van der Waals surface area contributed by atoms with Crippen LogP contribution in [0, 0.1) is 11.8 Å². The van der Waals surface area contributed by atoms with Crippen molar-refractivity contribution < 1.29 is 4.52 Å². The van der Waals surface area contributed by atoms with E-state index in [1.165, 1.54) is 57.8 Å². The molecule has 1 N–H and O–H groups in total. The Hall–Kier alpha value is -0.830. The molecule has 2 fully saturated rings. The van der Waals surface area contributed by atoms with Gasteiger partial charge >= 0.3 is 0 Å². The molecule has 0 radical (unpaired) electrons. The molecule has 3 heteroatoms. The zero-order valence-corrected chi connectivity index (χ0v) is 11.8. The first kappa shape index (κ1) is 13.2. The van der Waals surface area contributed by atoms with Crippen LogP contribution in [0.1, 0.15) is 63.5 Å². The molecule has 3 nitrogen and oxygen atoms in total. The average molecular weight is 262 g/mol. The number of aromatic nitrogens is 1. The molecule has 0 spiro atoms. The van der Waals surface area contributed by atoms with Crippen molar-refractivity contribution in [1.82, 2.24) is 10.5 Å². The molecule has 2 unspecified atom stereocenters. The number of nitrogens with zero attached hydrogens (tertiary/aromatic N) is 1. The molecule has 0 aromatic carbocycles. The predicted octanol–water partition coefficient (Wildman–Crippen LogP) is 3.90. The zero-order chi connectivity index (χ0) is 12.9.